The fraction of sp³-hybridized carbons (Fsp3) is 0.241. The standard InChI is InChI=1S/C29H31N5O4S/c35-29-28(30-16-21-38-26-14-8-3-9-15-26)27(22-31-34(29)25-12-6-2-7-13-25)32-17-19-33(20-18-32)39(36,37)23-24-10-4-1-5-11-24/h1-15,22,30H,16-21,23H2. The Morgan fingerprint density at radius 3 is 2.10 bits per heavy atom. The molecule has 3 aromatic carbocycles. The number of nitrogens with zero attached hydrogens (tertiary/aromatic N) is 4. The molecule has 0 radical (unpaired) electrons. The van der Waals surface area contributed by atoms with Crippen LogP contribution in [0.3, 0.4) is 0 Å². The average Bonchev–Trinajstić information content (AvgIpc) is 2.97. The van der Waals surface area contributed by atoms with Crippen molar-refractivity contribution in [3.05, 3.63) is 113 Å². The van der Waals surface area contributed by atoms with Gasteiger partial charge in [-0.1, -0.05) is 66.7 Å². The molecule has 1 fully saturated rings. The first-order chi connectivity index (χ1) is 19.0. The van der Waals surface area contributed by atoms with E-state index in [9.17, 15) is 13.2 Å². The number of benzene rings is 3. The van der Waals surface area contributed by atoms with Crippen LogP contribution in [0.15, 0.2) is 102 Å². The quantitative estimate of drug-likeness (QED) is 0.305. The maximum absolute atomic E-state index is 13.6. The number of aromatic nitrogens is 2. The number of rotatable bonds is 10. The number of ether oxygens (including phenoxy) is 1. The summed E-state index contributed by atoms with van der Waals surface area (Å²) in [6.07, 6.45) is 1.67. The van der Waals surface area contributed by atoms with Gasteiger partial charge in [0.15, 0.2) is 0 Å². The summed E-state index contributed by atoms with van der Waals surface area (Å²) in [4.78, 5) is 15.6. The van der Waals surface area contributed by atoms with Crippen LogP contribution in [-0.4, -0.2) is 61.8 Å². The Kier molecular flexibility index (Phi) is 8.24. The number of nitrogens with one attached hydrogen (secondary N) is 1. The first-order valence-electron chi connectivity index (χ1n) is 12.9. The largest absolute Gasteiger partial charge is 0.492 e. The van der Waals surface area contributed by atoms with Crippen molar-refractivity contribution in [2.45, 2.75) is 5.75 Å². The molecule has 0 amide bonds. The zero-order valence-corrected chi connectivity index (χ0v) is 22.3. The van der Waals surface area contributed by atoms with E-state index in [4.69, 9.17) is 4.74 Å². The summed E-state index contributed by atoms with van der Waals surface area (Å²) in [7, 11) is -3.45. The molecule has 9 nitrogen and oxygen atoms in total. The first kappa shape index (κ1) is 26.5. The summed E-state index contributed by atoms with van der Waals surface area (Å²) in [5, 5.41) is 7.70. The molecule has 1 saturated heterocycles. The molecule has 10 heteroatoms. The molecular formula is C29H31N5O4S. The van der Waals surface area contributed by atoms with E-state index in [-0.39, 0.29) is 11.3 Å². The second kappa shape index (κ2) is 12.1. The molecule has 39 heavy (non-hydrogen) atoms. The van der Waals surface area contributed by atoms with Gasteiger partial charge in [-0.05, 0) is 29.8 Å². The molecule has 0 saturated carbocycles. The van der Waals surface area contributed by atoms with Gasteiger partial charge in [0.2, 0.25) is 10.0 Å². The van der Waals surface area contributed by atoms with Crippen molar-refractivity contribution in [1.82, 2.24) is 14.1 Å². The lowest BCUT2D eigenvalue weighted by molar-refractivity contribution is 0.333. The van der Waals surface area contributed by atoms with Gasteiger partial charge in [0.05, 0.1) is 23.3 Å². The van der Waals surface area contributed by atoms with E-state index >= 15 is 0 Å². The monoisotopic (exact) mass is 545 g/mol. The Balaban J connectivity index is 1.32. The fourth-order valence-electron chi connectivity index (χ4n) is 4.55. The minimum atomic E-state index is -3.45. The topological polar surface area (TPSA) is 96.8 Å². The van der Waals surface area contributed by atoms with Gasteiger partial charge < -0.3 is 15.0 Å². The average molecular weight is 546 g/mol. The van der Waals surface area contributed by atoms with Crippen molar-refractivity contribution in [3.63, 3.8) is 0 Å². The highest BCUT2D eigenvalue weighted by Crippen LogP contribution is 2.25. The van der Waals surface area contributed by atoms with E-state index in [2.05, 4.69) is 10.4 Å². The molecule has 1 N–H and O–H groups in total. The van der Waals surface area contributed by atoms with Crippen molar-refractivity contribution in [2.75, 3.05) is 49.5 Å². The molecule has 0 unspecified atom stereocenters. The highest BCUT2D eigenvalue weighted by atomic mass is 32.2. The molecular weight excluding hydrogens is 514 g/mol. The predicted octanol–water partition coefficient (Wildman–Crippen LogP) is 3.38. The minimum Gasteiger partial charge on any atom is -0.492 e. The van der Waals surface area contributed by atoms with E-state index in [0.29, 0.717) is 56.4 Å². The lowest BCUT2D eigenvalue weighted by Gasteiger charge is -2.36. The molecule has 0 aliphatic carbocycles. The van der Waals surface area contributed by atoms with Gasteiger partial charge in [-0.2, -0.15) is 14.1 Å². The molecule has 1 aromatic heterocycles. The predicted molar refractivity (Wildman–Crippen MR) is 153 cm³/mol. The second-order valence-corrected chi connectivity index (χ2v) is 11.1. The van der Waals surface area contributed by atoms with Crippen LogP contribution >= 0.6 is 0 Å². The molecule has 1 aliphatic heterocycles. The number of sulfonamides is 1. The number of hydrogen-bond acceptors (Lipinski definition) is 7. The molecule has 0 atom stereocenters. The van der Waals surface area contributed by atoms with Gasteiger partial charge in [0.25, 0.3) is 5.56 Å². The highest BCUT2D eigenvalue weighted by molar-refractivity contribution is 7.88. The van der Waals surface area contributed by atoms with Crippen LogP contribution < -0.4 is 20.5 Å². The summed E-state index contributed by atoms with van der Waals surface area (Å²) in [6.45, 7) is 2.31. The van der Waals surface area contributed by atoms with E-state index in [1.807, 2.05) is 95.9 Å². The third kappa shape index (κ3) is 6.47. The number of para-hydroxylation sites is 2. The Morgan fingerprint density at radius 1 is 0.821 bits per heavy atom. The molecule has 202 valence electrons. The lowest BCUT2D eigenvalue weighted by Crippen LogP contribution is -2.49. The summed E-state index contributed by atoms with van der Waals surface area (Å²) in [6, 6.07) is 27.9. The van der Waals surface area contributed by atoms with Crippen molar-refractivity contribution >= 4 is 21.4 Å². The zero-order valence-electron chi connectivity index (χ0n) is 21.5. The van der Waals surface area contributed by atoms with E-state index < -0.39 is 10.0 Å². The van der Waals surface area contributed by atoms with Gasteiger partial charge in [0, 0.05) is 32.7 Å². The Morgan fingerprint density at radius 2 is 1.44 bits per heavy atom. The van der Waals surface area contributed by atoms with E-state index in [1.165, 1.54) is 8.99 Å². The SMILES string of the molecule is O=c1c(NCCOc2ccccc2)c(N2CCN(S(=O)(=O)Cc3ccccc3)CC2)cnn1-c1ccccc1. The van der Waals surface area contributed by atoms with Crippen LogP contribution in [0.2, 0.25) is 0 Å². The van der Waals surface area contributed by atoms with Crippen molar-refractivity contribution < 1.29 is 13.2 Å². The van der Waals surface area contributed by atoms with Gasteiger partial charge in [0.1, 0.15) is 18.0 Å². The van der Waals surface area contributed by atoms with E-state index in [1.54, 1.807) is 6.20 Å². The third-order valence-corrected chi connectivity index (χ3v) is 8.39. The Hall–Kier alpha value is -4.15. The first-order valence-corrected chi connectivity index (χ1v) is 14.5. The van der Waals surface area contributed by atoms with E-state index in [0.717, 1.165) is 11.3 Å². The van der Waals surface area contributed by atoms with Crippen LogP contribution in [0.1, 0.15) is 5.56 Å². The fourth-order valence-corrected chi connectivity index (χ4v) is 6.06. The van der Waals surface area contributed by atoms with Crippen molar-refractivity contribution in [1.29, 1.82) is 0 Å². The smallest absolute Gasteiger partial charge is 0.296 e. The number of piperazine rings is 1. The maximum Gasteiger partial charge on any atom is 0.296 e. The number of hydrogen-bond donors (Lipinski definition) is 1. The molecule has 1 aliphatic rings. The molecule has 0 spiro atoms. The highest BCUT2D eigenvalue weighted by Gasteiger charge is 2.29. The molecule has 2 heterocycles. The minimum absolute atomic E-state index is 0.0310. The Bertz CT molecular complexity index is 1520. The summed E-state index contributed by atoms with van der Waals surface area (Å²) >= 11 is 0. The Labute approximate surface area is 228 Å². The molecule has 5 rings (SSSR count). The number of anilines is 2. The summed E-state index contributed by atoms with van der Waals surface area (Å²) < 4.78 is 34.7. The maximum atomic E-state index is 13.6. The van der Waals surface area contributed by atoms with Crippen LogP contribution in [0.4, 0.5) is 11.4 Å². The van der Waals surface area contributed by atoms with Crippen molar-refractivity contribution in [3.8, 4) is 11.4 Å². The molecule has 4 aromatic rings. The van der Waals surface area contributed by atoms with Crippen LogP contribution in [0.25, 0.3) is 5.69 Å². The van der Waals surface area contributed by atoms with Crippen LogP contribution in [0.5, 0.6) is 5.75 Å². The van der Waals surface area contributed by atoms with Gasteiger partial charge in [-0.15, -0.1) is 0 Å². The second-order valence-electron chi connectivity index (χ2n) is 9.17. The van der Waals surface area contributed by atoms with Crippen LogP contribution in [0, 0.1) is 0 Å². The third-order valence-electron chi connectivity index (χ3n) is 6.54. The lowest BCUT2D eigenvalue weighted by atomic mass is 10.2. The van der Waals surface area contributed by atoms with Crippen molar-refractivity contribution in [2.24, 2.45) is 0 Å². The normalized spacial score (nSPS) is 14.2. The zero-order chi connectivity index (χ0) is 27.1. The summed E-state index contributed by atoms with van der Waals surface area (Å²) in [5.41, 5.74) is 2.20. The van der Waals surface area contributed by atoms with Gasteiger partial charge >= 0.3 is 0 Å². The van der Waals surface area contributed by atoms with Gasteiger partial charge in [-0.25, -0.2) is 8.42 Å². The van der Waals surface area contributed by atoms with Gasteiger partial charge in [-0.3, -0.25) is 4.79 Å². The molecule has 0 bridgehead atoms. The summed E-state index contributed by atoms with van der Waals surface area (Å²) in [5.74, 6) is 0.722. The van der Waals surface area contributed by atoms with Crippen LogP contribution in [-0.2, 0) is 15.8 Å².